The lowest BCUT2D eigenvalue weighted by Crippen LogP contribution is -2.47. The Hall–Kier alpha value is -0.810. The molecule has 5 nitrogen and oxygen atoms in total. The number of oxime groups is 1. The minimum Gasteiger partial charge on any atom is -0.409 e. The molecule has 0 aromatic carbocycles. The minimum absolute atomic E-state index is 0.108. The lowest BCUT2D eigenvalue weighted by Gasteiger charge is -2.31. The van der Waals surface area contributed by atoms with Crippen molar-refractivity contribution in [3.63, 3.8) is 0 Å². The van der Waals surface area contributed by atoms with Crippen LogP contribution in [0.25, 0.3) is 0 Å². The first-order chi connectivity index (χ1) is 7.59. The largest absolute Gasteiger partial charge is 0.409 e. The zero-order valence-corrected chi connectivity index (χ0v) is 10.5. The molecule has 0 saturated heterocycles. The molecule has 0 aliphatic carbocycles. The Morgan fingerprint density at radius 1 is 1.38 bits per heavy atom. The van der Waals surface area contributed by atoms with Crippen LogP contribution in [0.3, 0.4) is 0 Å². The van der Waals surface area contributed by atoms with Crippen LogP contribution in [0.4, 0.5) is 0 Å². The summed E-state index contributed by atoms with van der Waals surface area (Å²) >= 11 is 0. The predicted octanol–water partition coefficient (Wildman–Crippen LogP) is 0.900. The second kappa shape index (κ2) is 7.46. The molecule has 1 atom stereocenters. The summed E-state index contributed by atoms with van der Waals surface area (Å²) in [7, 11) is 0. The molecule has 0 heterocycles. The van der Waals surface area contributed by atoms with Crippen molar-refractivity contribution in [3.05, 3.63) is 0 Å². The standard InChI is InChI=1S/C11H25N3O2/c1-4-9(10(12)14-16)13-7-11(5-2,6-3)8-15/h9,13,15-16H,4-8H2,1-3H3,(H2,12,14). The first kappa shape index (κ1) is 15.2. The Labute approximate surface area is 97.7 Å². The van der Waals surface area contributed by atoms with E-state index in [1.165, 1.54) is 0 Å². The normalized spacial score (nSPS) is 15.1. The van der Waals surface area contributed by atoms with Gasteiger partial charge in [-0.15, -0.1) is 0 Å². The van der Waals surface area contributed by atoms with E-state index >= 15 is 0 Å². The van der Waals surface area contributed by atoms with Crippen molar-refractivity contribution in [3.8, 4) is 0 Å². The number of hydrogen-bond acceptors (Lipinski definition) is 4. The number of nitrogens with zero attached hydrogens (tertiary/aromatic N) is 1. The maximum Gasteiger partial charge on any atom is 0.156 e. The fraction of sp³-hybridized carbons (Fsp3) is 0.909. The predicted molar refractivity (Wildman–Crippen MR) is 65.6 cm³/mol. The summed E-state index contributed by atoms with van der Waals surface area (Å²) < 4.78 is 0. The monoisotopic (exact) mass is 231 g/mol. The topological polar surface area (TPSA) is 90.9 Å². The maximum atomic E-state index is 9.41. The fourth-order valence-electron chi connectivity index (χ4n) is 1.65. The van der Waals surface area contributed by atoms with E-state index in [1.54, 1.807) is 0 Å². The van der Waals surface area contributed by atoms with E-state index in [0.717, 1.165) is 19.3 Å². The maximum absolute atomic E-state index is 9.41. The molecule has 0 amide bonds. The van der Waals surface area contributed by atoms with Gasteiger partial charge in [0.25, 0.3) is 0 Å². The zero-order chi connectivity index (χ0) is 12.6. The third kappa shape index (κ3) is 3.98. The molecular formula is C11H25N3O2. The van der Waals surface area contributed by atoms with Gasteiger partial charge in [-0.25, -0.2) is 0 Å². The first-order valence-electron chi connectivity index (χ1n) is 5.90. The zero-order valence-electron chi connectivity index (χ0n) is 10.5. The Balaban J connectivity index is 4.38. The van der Waals surface area contributed by atoms with Gasteiger partial charge in [-0.2, -0.15) is 0 Å². The van der Waals surface area contributed by atoms with Crippen molar-refractivity contribution < 1.29 is 10.3 Å². The molecule has 5 heteroatoms. The van der Waals surface area contributed by atoms with E-state index in [0.29, 0.717) is 6.54 Å². The van der Waals surface area contributed by atoms with Crippen LogP contribution in [0, 0.1) is 5.41 Å². The van der Waals surface area contributed by atoms with Crippen LogP contribution in [-0.4, -0.2) is 35.3 Å². The third-order valence-corrected chi connectivity index (χ3v) is 3.44. The number of nitrogens with one attached hydrogen (secondary N) is 1. The van der Waals surface area contributed by atoms with Gasteiger partial charge in [-0.3, -0.25) is 0 Å². The van der Waals surface area contributed by atoms with Gasteiger partial charge in [0.1, 0.15) is 0 Å². The van der Waals surface area contributed by atoms with Gasteiger partial charge in [0, 0.05) is 18.6 Å². The van der Waals surface area contributed by atoms with Gasteiger partial charge in [0.2, 0.25) is 0 Å². The van der Waals surface area contributed by atoms with Crippen molar-refractivity contribution in [1.82, 2.24) is 5.32 Å². The van der Waals surface area contributed by atoms with E-state index in [2.05, 4.69) is 24.3 Å². The lowest BCUT2D eigenvalue weighted by atomic mass is 9.83. The highest BCUT2D eigenvalue weighted by Gasteiger charge is 2.26. The van der Waals surface area contributed by atoms with Crippen molar-refractivity contribution in [2.24, 2.45) is 16.3 Å². The van der Waals surface area contributed by atoms with Crippen LogP contribution >= 0.6 is 0 Å². The van der Waals surface area contributed by atoms with Gasteiger partial charge in [0.15, 0.2) is 5.84 Å². The highest BCUT2D eigenvalue weighted by molar-refractivity contribution is 5.85. The second-order valence-corrected chi connectivity index (χ2v) is 4.23. The molecule has 1 unspecified atom stereocenters. The number of aliphatic hydroxyl groups is 1. The minimum atomic E-state index is -0.131. The van der Waals surface area contributed by atoms with E-state index in [1.807, 2.05) is 6.92 Å². The number of amidine groups is 1. The van der Waals surface area contributed by atoms with Crippen LogP contribution in [0.5, 0.6) is 0 Å². The van der Waals surface area contributed by atoms with Crippen LogP contribution < -0.4 is 11.1 Å². The van der Waals surface area contributed by atoms with Crippen molar-refractivity contribution in [1.29, 1.82) is 0 Å². The molecule has 16 heavy (non-hydrogen) atoms. The van der Waals surface area contributed by atoms with Crippen LogP contribution in [0.2, 0.25) is 0 Å². The lowest BCUT2D eigenvalue weighted by molar-refractivity contribution is 0.111. The number of aliphatic hydroxyl groups excluding tert-OH is 1. The molecule has 0 aromatic rings. The summed E-state index contributed by atoms with van der Waals surface area (Å²) in [5.74, 6) is 0.196. The Kier molecular flexibility index (Phi) is 7.08. The van der Waals surface area contributed by atoms with Gasteiger partial charge in [0.05, 0.1) is 6.04 Å². The molecule has 0 bridgehead atoms. The van der Waals surface area contributed by atoms with Gasteiger partial charge >= 0.3 is 0 Å². The quantitative estimate of drug-likeness (QED) is 0.216. The molecule has 96 valence electrons. The van der Waals surface area contributed by atoms with Crippen LogP contribution in [0.15, 0.2) is 5.16 Å². The van der Waals surface area contributed by atoms with Crippen molar-refractivity contribution >= 4 is 5.84 Å². The summed E-state index contributed by atoms with van der Waals surface area (Å²) in [6.45, 7) is 6.91. The average Bonchev–Trinajstić information content (AvgIpc) is 2.35. The average molecular weight is 231 g/mol. The van der Waals surface area contributed by atoms with E-state index in [9.17, 15) is 5.11 Å². The Morgan fingerprint density at radius 3 is 2.25 bits per heavy atom. The van der Waals surface area contributed by atoms with Crippen molar-refractivity contribution in [2.75, 3.05) is 13.2 Å². The molecule has 0 spiro atoms. The van der Waals surface area contributed by atoms with Gasteiger partial charge in [-0.05, 0) is 19.3 Å². The summed E-state index contributed by atoms with van der Waals surface area (Å²) in [5, 5.41) is 24.3. The fourth-order valence-corrected chi connectivity index (χ4v) is 1.65. The summed E-state index contributed by atoms with van der Waals surface area (Å²) in [4.78, 5) is 0. The van der Waals surface area contributed by atoms with E-state index < -0.39 is 0 Å². The van der Waals surface area contributed by atoms with E-state index in [4.69, 9.17) is 10.9 Å². The second-order valence-electron chi connectivity index (χ2n) is 4.23. The van der Waals surface area contributed by atoms with Gasteiger partial charge < -0.3 is 21.4 Å². The number of hydrogen-bond donors (Lipinski definition) is 4. The molecular weight excluding hydrogens is 206 g/mol. The molecule has 0 aliphatic rings. The first-order valence-corrected chi connectivity index (χ1v) is 5.90. The SMILES string of the molecule is CCC(NCC(CC)(CC)CO)C(N)=NO. The summed E-state index contributed by atoms with van der Waals surface area (Å²) in [5.41, 5.74) is 5.45. The van der Waals surface area contributed by atoms with Crippen LogP contribution in [0.1, 0.15) is 40.0 Å². The molecule has 0 aromatic heterocycles. The Morgan fingerprint density at radius 2 is 1.94 bits per heavy atom. The van der Waals surface area contributed by atoms with E-state index in [-0.39, 0.29) is 23.9 Å². The molecule has 5 N–H and O–H groups in total. The number of nitrogens with two attached hydrogens (primary N) is 1. The molecule has 0 rings (SSSR count). The van der Waals surface area contributed by atoms with Crippen LogP contribution in [-0.2, 0) is 0 Å². The molecule has 0 radical (unpaired) electrons. The summed E-state index contributed by atoms with van der Waals surface area (Å²) in [6.07, 6.45) is 2.56. The molecule has 0 aliphatic heterocycles. The summed E-state index contributed by atoms with van der Waals surface area (Å²) in [6, 6.07) is -0.131. The highest BCUT2D eigenvalue weighted by atomic mass is 16.4. The molecule has 0 saturated carbocycles. The Bertz CT molecular complexity index is 207. The van der Waals surface area contributed by atoms with Gasteiger partial charge in [-0.1, -0.05) is 25.9 Å². The smallest absolute Gasteiger partial charge is 0.156 e. The molecule has 0 fully saturated rings. The highest BCUT2D eigenvalue weighted by Crippen LogP contribution is 2.24. The third-order valence-electron chi connectivity index (χ3n) is 3.44. The van der Waals surface area contributed by atoms with Crippen molar-refractivity contribution in [2.45, 2.75) is 46.1 Å². The number of rotatable bonds is 8.